The normalized spacial score (nSPS) is 16.2. The lowest BCUT2D eigenvalue weighted by molar-refractivity contribution is -0.348. The number of hydrogen-bond donors (Lipinski definition) is 0. The number of carbonyl (C=O) groups excluding carboxylic acids is 1. The number of amides is 1. The van der Waals surface area contributed by atoms with Crippen LogP contribution in [0.25, 0.3) is 0 Å². The third-order valence-corrected chi connectivity index (χ3v) is 7.74. The van der Waals surface area contributed by atoms with Crippen molar-refractivity contribution in [1.82, 2.24) is 9.88 Å². The summed E-state index contributed by atoms with van der Waals surface area (Å²) in [7, 11) is -0.333. The zero-order chi connectivity index (χ0) is 31.4. The molecule has 2 atom stereocenters. The van der Waals surface area contributed by atoms with Crippen molar-refractivity contribution in [3.8, 4) is 0 Å². The van der Waals surface area contributed by atoms with Crippen LogP contribution >= 0.6 is 10.5 Å². The van der Waals surface area contributed by atoms with Crippen molar-refractivity contribution < 1.29 is 39.9 Å². The monoisotopic (exact) mass is 608 g/mol. The molecule has 0 spiro atoms. The number of rotatable bonds is 7. The molecule has 1 aliphatic heterocycles. The second-order valence-electron chi connectivity index (χ2n) is 8.48. The number of carbonyl (C=O) groups is 1. The van der Waals surface area contributed by atoms with Crippen molar-refractivity contribution in [2.75, 3.05) is 13.1 Å². The molecule has 1 aliphatic rings. The van der Waals surface area contributed by atoms with Crippen LogP contribution in [-0.4, -0.2) is 52.4 Å². The van der Waals surface area contributed by atoms with Gasteiger partial charge in [0, 0.05) is 36.3 Å². The van der Waals surface area contributed by atoms with E-state index in [1.54, 1.807) is 18.5 Å². The Morgan fingerprint density at radius 2 is 1.51 bits per heavy atom. The topological polar surface area (TPSA) is 33.2 Å². The molecular weight excluding hydrogens is 576 g/mol. The highest BCUT2D eigenvalue weighted by molar-refractivity contribution is 8.18. The molecular formula is C29H32F8N2OS. The molecule has 0 aliphatic carbocycles. The van der Waals surface area contributed by atoms with E-state index in [0.717, 1.165) is 35.6 Å². The standard InChI is InChI=1S/C18H21FN2OS.C9H5F7.C2H6/c1-14(19)4-5-15(2)23(3)17-8-11-21(13-17)18(22)12-16-6-9-20-10-7-16;10-7(8(11,12)13,9(14,15)16)6-4-2-1-3-5-6;1-2/h4-7,9-10,17H,1-3,8,11-13H2;1-5H;1-2H3/b5-4-;;. The van der Waals surface area contributed by atoms with Crippen LogP contribution in [0.1, 0.15) is 31.4 Å². The van der Waals surface area contributed by atoms with Crippen LogP contribution in [0.15, 0.2) is 90.9 Å². The molecule has 1 aromatic carbocycles. The number of nitrogens with zero attached hydrogens (tertiary/aromatic N) is 2. The molecule has 1 aromatic heterocycles. The molecule has 2 heterocycles. The van der Waals surface area contributed by atoms with Crippen molar-refractivity contribution in [2.24, 2.45) is 0 Å². The highest BCUT2D eigenvalue weighted by atomic mass is 32.2. The number of alkyl halides is 7. The lowest BCUT2D eigenvalue weighted by atomic mass is 9.94. The van der Waals surface area contributed by atoms with Crippen LogP contribution in [0.4, 0.5) is 35.1 Å². The van der Waals surface area contributed by atoms with Gasteiger partial charge in [0.05, 0.1) is 6.42 Å². The molecule has 0 radical (unpaired) electrons. The number of aromatic nitrogens is 1. The zero-order valence-electron chi connectivity index (χ0n) is 22.6. The summed E-state index contributed by atoms with van der Waals surface area (Å²) in [4.78, 5) is 19.0. The van der Waals surface area contributed by atoms with Crippen LogP contribution in [0.2, 0.25) is 0 Å². The summed E-state index contributed by atoms with van der Waals surface area (Å²) in [5.41, 5.74) is -5.84. The van der Waals surface area contributed by atoms with Crippen LogP contribution in [0.5, 0.6) is 0 Å². The van der Waals surface area contributed by atoms with Crippen LogP contribution in [0.3, 0.4) is 0 Å². The fourth-order valence-electron chi connectivity index (χ4n) is 3.61. The summed E-state index contributed by atoms with van der Waals surface area (Å²) < 4.78 is 99.1. The maximum Gasteiger partial charge on any atom is 0.435 e. The van der Waals surface area contributed by atoms with Crippen molar-refractivity contribution >= 4 is 22.3 Å². The van der Waals surface area contributed by atoms with Crippen molar-refractivity contribution in [1.29, 1.82) is 0 Å². The average Bonchev–Trinajstić information content (AvgIpc) is 3.43. The van der Waals surface area contributed by atoms with Gasteiger partial charge in [-0.1, -0.05) is 63.2 Å². The SMILES string of the molecule is C=C(F)/C=C\C(=C)S(=C)C1CCN(C(=O)Cc2ccncc2)C1.CC.FC(F)(F)C(F)(c1ccccc1)C(F)(F)F. The van der Waals surface area contributed by atoms with Crippen molar-refractivity contribution in [3.63, 3.8) is 0 Å². The number of allylic oxidation sites excluding steroid dienone is 3. The van der Waals surface area contributed by atoms with Gasteiger partial charge >= 0.3 is 18.0 Å². The summed E-state index contributed by atoms with van der Waals surface area (Å²) >= 11 is 0. The first-order valence-electron chi connectivity index (χ1n) is 12.4. The fourth-order valence-corrected chi connectivity index (χ4v) is 5.04. The Morgan fingerprint density at radius 1 is 0.976 bits per heavy atom. The van der Waals surface area contributed by atoms with E-state index in [4.69, 9.17) is 0 Å². The van der Waals surface area contributed by atoms with E-state index < -0.39 is 29.4 Å². The van der Waals surface area contributed by atoms with E-state index in [9.17, 15) is 39.9 Å². The lowest BCUT2D eigenvalue weighted by Crippen LogP contribution is -2.50. The molecule has 226 valence electrons. The molecule has 3 rings (SSSR count). The number of hydrogen-bond acceptors (Lipinski definition) is 2. The molecule has 1 saturated heterocycles. The number of halogens is 8. The average molecular weight is 609 g/mol. The molecule has 41 heavy (non-hydrogen) atoms. The van der Waals surface area contributed by atoms with Crippen molar-refractivity contribution in [3.05, 3.63) is 102 Å². The minimum atomic E-state index is -6.05. The molecule has 0 bridgehead atoms. The summed E-state index contributed by atoms with van der Waals surface area (Å²) in [6.07, 6.45) is -4.50. The van der Waals surface area contributed by atoms with E-state index in [1.807, 2.05) is 30.9 Å². The predicted molar refractivity (Wildman–Crippen MR) is 149 cm³/mol. The van der Waals surface area contributed by atoms with E-state index in [1.165, 1.54) is 12.1 Å². The number of likely N-dealkylation sites (tertiary alicyclic amines) is 1. The highest BCUT2D eigenvalue weighted by Gasteiger charge is 2.73. The van der Waals surface area contributed by atoms with Crippen molar-refractivity contribution in [2.45, 2.75) is 50.0 Å². The Hall–Kier alpha value is -3.28. The third-order valence-electron chi connectivity index (χ3n) is 5.74. The molecule has 0 saturated carbocycles. The van der Waals surface area contributed by atoms with Gasteiger partial charge in [-0.2, -0.15) is 36.8 Å². The molecule has 1 amide bonds. The largest absolute Gasteiger partial charge is 0.435 e. The second-order valence-corrected chi connectivity index (χ2v) is 10.5. The van der Waals surface area contributed by atoms with Gasteiger partial charge in [-0.3, -0.25) is 9.78 Å². The molecule has 3 nitrogen and oxygen atoms in total. The van der Waals surface area contributed by atoms with Gasteiger partial charge in [0.25, 0.3) is 0 Å². The number of pyridine rings is 1. The van der Waals surface area contributed by atoms with Crippen LogP contribution in [0, 0.1) is 0 Å². The van der Waals surface area contributed by atoms with Crippen LogP contribution < -0.4 is 0 Å². The summed E-state index contributed by atoms with van der Waals surface area (Å²) in [5, 5.41) is 0.279. The first-order valence-corrected chi connectivity index (χ1v) is 13.8. The summed E-state index contributed by atoms with van der Waals surface area (Å²) in [5.74, 6) is 3.78. The van der Waals surface area contributed by atoms with E-state index >= 15 is 0 Å². The lowest BCUT2D eigenvalue weighted by Gasteiger charge is -2.30. The Bertz CT molecular complexity index is 1180. The first kappa shape index (κ1) is 35.7. The Labute approximate surface area is 237 Å². The second kappa shape index (κ2) is 15.6. The summed E-state index contributed by atoms with van der Waals surface area (Å²) in [6.45, 7) is 12.6. The van der Waals surface area contributed by atoms with Gasteiger partial charge in [0.1, 0.15) is 5.83 Å². The first-order chi connectivity index (χ1) is 19.1. The van der Waals surface area contributed by atoms with Gasteiger partial charge in [0.2, 0.25) is 5.91 Å². The fraction of sp³-hybridized carbons (Fsp3) is 0.345. The van der Waals surface area contributed by atoms with E-state index in [2.05, 4.69) is 24.0 Å². The van der Waals surface area contributed by atoms with Gasteiger partial charge in [0.15, 0.2) is 0 Å². The van der Waals surface area contributed by atoms with E-state index in [0.29, 0.717) is 25.1 Å². The summed E-state index contributed by atoms with van der Waals surface area (Å²) in [6, 6.07) is 7.60. The maximum atomic E-state index is 13.3. The van der Waals surface area contributed by atoms with Gasteiger partial charge in [-0.15, -0.1) is 0 Å². The van der Waals surface area contributed by atoms with E-state index in [-0.39, 0.29) is 21.6 Å². The van der Waals surface area contributed by atoms with Gasteiger partial charge in [-0.25, -0.2) is 8.78 Å². The van der Waals surface area contributed by atoms with Gasteiger partial charge < -0.3 is 4.90 Å². The highest BCUT2D eigenvalue weighted by Crippen LogP contribution is 2.53. The molecule has 1 fully saturated rings. The minimum Gasteiger partial charge on any atom is -0.341 e. The van der Waals surface area contributed by atoms with Crippen LogP contribution in [-0.2, 0) is 16.9 Å². The molecule has 12 heteroatoms. The van der Waals surface area contributed by atoms with Gasteiger partial charge in [-0.05, 0) is 41.2 Å². The molecule has 2 unspecified atom stereocenters. The number of benzene rings is 1. The Kier molecular flexibility index (Phi) is 13.6. The maximum absolute atomic E-state index is 13.3. The predicted octanol–water partition coefficient (Wildman–Crippen LogP) is 8.48. The smallest absolute Gasteiger partial charge is 0.341 e. The zero-order valence-corrected chi connectivity index (χ0v) is 23.4. The quantitative estimate of drug-likeness (QED) is 0.180. The Morgan fingerprint density at radius 3 is 2.00 bits per heavy atom. The Balaban J connectivity index is 0.000000410. The third kappa shape index (κ3) is 9.94. The molecule has 2 aromatic rings. The minimum absolute atomic E-state index is 0.119. The molecule has 0 N–H and O–H groups in total.